The molecule has 0 amide bonds. The van der Waals surface area contributed by atoms with Crippen molar-refractivity contribution in [3.8, 4) is 0 Å². The summed E-state index contributed by atoms with van der Waals surface area (Å²) in [6, 6.07) is 0. The standard InChI is InChI=1S/C8H17NO2/c1-6-5-10-8(2,3)11-7(6)9-4/h6-7,9H,5H2,1-4H3. The van der Waals surface area contributed by atoms with Gasteiger partial charge in [0.1, 0.15) is 6.23 Å². The molecular formula is C8H17NO2. The predicted octanol–water partition coefficient (Wildman–Crippen LogP) is 0.951. The van der Waals surface area contributed by atoms with Gasteiger partial charge in [0, 0.05) is 5.92 Å². The van der Waals surface area contributed by atoms with Gasteiger partial charge in [-0.3, -0.25) is 5.32 Å². The van der Waals surface area contributed by atoms with Crippen LogP contribution in [0.1, 0.15) is 20.8 Å². The Kier molecular flexibility index (Phi) is 2.52. The Morgan fingerprint density at radius 3 is 2.55 bits per heavy atom. The SMILES string of the molecule is CNC1OC(C)(C)OCC1C. The van der Waals surface area contributed by atoms with Crippen LogP contribution in [0.15, 0.2) is 0 Å². The Bertz CT molecular complexity index is 136. The topological polar surface area (TPSA) is 30.5 Å². The van der Waals surface area contributed by atoms with Crippen LogP contribution >= 0.6 is 0 Å². The molecular weight excluding hydrogens is 142 g/mol. The zero-order valence-electron chi connectivity index (χ0n) is 7.68. The lowest BCUT2D eigenvalue weighted by atomic mass is 10.1. The van der Waals surface area contributed by atoms with Gasteiger partial charge in [-0.25, -0.2) is 0 Å². The third-order valence-corrected chi connectivity index (χ3v) is 1.91. The van der Waals surface area contributed by atoms with Crippen LogP contribution in [-0.2, 0) is 9.47 Å². The molecule has 1 heterocycles. The maximum absolute atomic E-state index is 5.60. The van der Waals surface area contributed by atoms with Crippen LogP contribution in [0.2, 0.25) is 0 Å². The van der Waals surface area contributed by atoms with E-state index in [1.165, 1.54) is 0 Å². The van der Waals surface area contributed by atoms with Crippen molar-refractivity contribution in [3.05, 3.63) is 0 Å². The Morgan fingerprint density at radius 1 is 1.45 bits per heavy atom. The van der Waals surface area contributed by atoms with E-state index < -0.39 is 5.79 Å². The third kappa shape index (κ3) is 2.15. The van der Waals surface area contributed by atoms with E-state index in [1.807, 2.05) is 20.9 Å². The first-order chi connectivity index (χ1) is 5.05. The molecule has 66 valence electrons. The summed E-state index contributed by atoms with van der Waals surface area (Å²) in [4.78, 5) is 0. The minimum Gasteiger partial charge on any atom is -0.350 e. The van der Waals surface area contributed by atoms with Gasteiger partial charge in [-0.15, -0.1) is 0 Å². The van der Waals surface area contributed by atoms with E-state index in [0.29, 0.717) is 5.92 Å². The summed E-state index contributed by atoms with van der Waals surface area (Å²) < 4.78 is 11.0. The van der Waals surface area contributed by atoms with E-state index in [1.54, 1.807) is 0 Å². The Labute approximate surface area is 68.1 Å². The average Bonchev–Trinajstić information content (AvgIpc) is 1.94. The van der Waals surface area contributed by atoms with Gasteiger partial charge in [-0.2, -0.15) is 0 Å². The molecule has 2 atom stereocenters. The highest BCUT2D eigenvalue weighted by Gasteiger charge is 2.32. The fourth-order valence-corrected chi connectivity index (χ4v) is 1.22. The predicted molar refractivity (Wildman–Crippen MR) is 43.1 cm³/mol. The van der Waals surface area contributed by atoms with Crippen LogP contribution in [-0.4, -0.2) is 25.7 Å². The quantitative estimate of drug-likeness (QED) is 0.618. The molecule has 0 aromatic carbocycles. The molecule has 11 heavy (non-hydrogen) atoms. The molecule has 0 aromatic heterocycles. The van der Waals surface area contributed by atoms with Crippen molar-refractivity contribution in [1.82, 2.24) is 5.32 Å². The Balaban J connectivity index is 2.51. The molecule has 0 saturated carbocycles. The molecule has 0 aliphatic carbocycles. The van der Waals surface area contributed by atoms with E-state index in [9.17, 15) is 0 Å². The van der Waals surface area contributed by atoms with Crippen LogP contribution < -0.4 is 5.32 Å². The minimum atomic E-state index is -0.430. The van der Waals surface area contributed by atoms with Crippen LogP contribution in [0.5, 0.6) is 0 Å². The fourth-order valence-electron chi connectivity index (χ4n) is 1.22. The van der Waals surface area contributed by atoms with Crippen LogP contribution in [0.25, 0.3) is 0 Å². The maximum atomic E-state index is 5.60. The van der Waals surface area contributed by atoms with Crippen molar-refractivity contribution >= 4 is 0 Å². The molecule has 0 spiro atoms. The van der Waals surface area contributed by atoms with Gasteiger partial charge >= 0.3 is 0 Å². The smallest absolute Gasteiger partial charge is 0.164 e. The van der Waals surface area contributed by atoms with Gasteiger partial charge in [0.25, 0.3) is 0 Å². The van der Waals surface area contributed by atoms with Crippen molar-refractivity contribution in [2.24, 2.45) is 5.92 Å². The summed E-state index contributed by atoms with van der Waals surface area (Å²) in [6.45, 7) is 6.74. The van der Waals surface area contributed by atoms with Gasteiger partial charge in [0.15, 0.2) is 5.79 Å². The summed E-state index contributed by atoms with van der Waals surface area (Å²) in [5, 5.41) is 3.11. The van der Waals surface area contributed by atoms with E-state index in [4.69, 9.17) is 9.47 Å². The number of ether oxygens (including phenoxy) is 2. The Hall–Kier alpha value is -0.120. The van der Waals surface area contributed by atoms with Gasteiger partial charge in [-0.1, -0.05) is 6.92 Å². The summed E-state index contributed by atoms with van der Waals surface area (Å²) in [5.74, 6) is -0.00627. The second kappa shape index (κ2) is 3.09. The maximum Gasteiger partial charge on any atom is 0.164 e. The molecule has 2 unspecified atom stereocenters. The van der Waals surface area contributed by atoms with Crippen LogP contribution in [0, 0.1) is 5.92 Å². The molecule has 1 N–H and O–H groups in total. The van der Waals surface area contributed by atoms with Crippen LogP contribution in [0.3, 0.4) is 0 Å². The summed E-state index contributed by atoms with van der Waals surface area (Å²) in [6.07, 6.45) is 0.124. The third-order valence-electron chi connectivity index (χ3n) is 1.91. The highest BCUT2D eigenvalue weighted by Crippen LogP contribution is 2.23. The number of rotatable bonds is 1. The normalized spacial score (nSPS) is 37.1. The lowest BCUT2D eigenvalue weighted by Crippen LogP contribution is -2.50. The van der Waals surface area contributed by atoms with Crippen molar-refractivity contribution in [3.63, 3.8) is 0 Å². The van der Waals surface area contributed by atoms with Crippen molar-refractivity contribution in [2.45, 2.75) is 32.8 Å². The lowest BCUT2D eigenvalue weighted by molar-refractivity contribution is -0.295. The zero-order valence-corrected chi connectivity index (χ0v) is 7.68. The highest BCUT2D eigenvalue weighted by molar-refractivity contribution is 4.71. The first kappa shape index (κ1) is 8.97. The highest BCUT2D eigenvalue weighted by atomic mass is 16.7. The van der Waals surface area contributed by atoms with E-state index in [-0.39, 0.29) is 6.23 Å². The van der Waals surface area contributed by atoms with E-state index in [2.05, 4.69) is 12.2 Å². The molecule has 1 saturated heterocycles. The number of nitrogens with one attached hydrogen (secondary N) is 1. The molecule has 3 nitrogen and oxygen atoms in total. The second-order valence-corrected chi connectivity index (χ2v) is 3.52. The van der Waals surface area contributed by atoms with E-state index >= 15 is 0 Å². The summed E-state index contributed by atoms with van der Waals surface area (Å²) in [5.41, 5.74) is 0. The summed E-state index contributed by atoms with van der Waals surface area (Å²) in [7, 11) is 1.91. The fraction of sp³-hybridized carbons (Fsp3) is 1.00. The molecule has 0 radical (unpaired) electrons. The number of hydrogen-bond acceptors (Lipinski definition) is 3. The molecule has 3 heteroatoms. The monoisotopic (exact) mass is 159 g/mol. The van der Waals surface area contributed by atoms with Crippen molar-refractivity contribution < 1.29 is 9.47 Å². The van der Waals surface area contributed by atoms with Crippen LogP contribution in [0.4, 0.5) is 0 Å². The summed E-state index contributed by atoms with van der Waals surface area (Å²) >= 11 is 0. The van der Waals surface area contributed by atoms with Gasteiger partial charge in [0.05, 0.1) is 6.61 Å². The lowest BCUT2D eigenvalue weighted by Gasteiger charge is -2.39. The van der Waals surface area contributed by atoms with E-state index in [0.717, 1.165) is 6.61 Å². The zero-order chi connectivity index (χ0) is 8.48. The molecule has 0 bridgehead atoms. The van der Waals surface area contributed by atoms with Gasteiger partial charge in [-0.05, 0) is 20.9 Å². The molecule has 1 fully saturated rings. The molecule has 0 aromatic rings. The first-order valence-electron chi connectivity index (χ1n) is 4.04. The van der Waals surface area contributed by atoms with Gasteiger partial charge < -0.3 is 9.47 Å². The molecule has 1 aliphatic rings. The average molecular weight is 159 g/mol. The van der Waals surface area contributed by atoms with Crippen molar-refractivity contribution in [2.75, 3.05) is 13.7 Å². The Morgan fingerprint density at radius 2 is 2.09 bits per heavy atom. The first-order valence-corrected chi connectivity index (χ1v) is 4.04. The van der Waals surface area contributed by atoms with Gasteiger partial charge in [0.2, 0.25) is 0 Å². The van der Waals surface area contributed by atoms with Crippen molar-refractivity contribution in [1.29, 1.82) is 0 Å². The second-order valence-electron chi connectivity index (χ2n) is 3.52. The minimum absolute atomic E-state index is 0.124. The largest absolute Gasteiger partial charge is 0.350 e. The molecule has 1 aliphatic heterocycles. The molecule has 1 rings (SSSR count). The number of hydrogen-bond donors (Lipinski definition) is 1.